The van der Waals surface area contributed by atoms with Gasteiger partial charge in [0.15, 0.2) is 5.02 Å². The van der Waals surface area contributed by atoms with Gasteiger partial charge in [-0.15, -0.1) is 0 Å². The Kier molecular flexibility index (Phi) is 12.7. The molecule has 0 saturated carbocycles. The van der Waals surface area contributed by atoms with E-state index < -0.39 is 34.2 Å². The van der Waals surface area contributed by atoms with Gasteiger partial charge < -0.3 is 39.9 Å². The number of nitro groups is 1. The quantitative estimate of drug-likeness (QED) is 0.0416. The number of hydrogen-bond acceptors (Lipinski definition) is 12. The molecule has 0 aliphatic carbocycles. The van der Waals surface area contributed by atoms with E-state index in [0.29, 0.717) is 35.1 Å². The highest BCUT2D eigenvalue weighted by atomic mass is 35.5. The summed E-state index contributed by atoms with van der Waals surface area (Å²) in [5.74, 6) is -0.136. The number of nitrogens with two attached hydrogens (primary N) is 1. The first-order valence-electron chi connectivity index (χ1n) is 16.2. The number of amides is 2. The van der Waals surface area contributed by atoms with Crippen LogP contribution in [0.15, 0.2) is 42.5 Å². The summed E-state index contributed by atoms with van der Waals surface area (Å²) in [6.45, 7) is 10.3. The number of alkyl carbamates (subject to hydrolysis) is 1. The Hall–Kier alpha value is -5.84. The Bertz CT molecular complexity index is 2000. The molecule has 0 aliphatic heterocycles. The number of aryl methyl sites for hydroxylation is 2. The maximum Gasteiger partial charge on any atom is 0.407 e. The lowest BCUT2D eigenvalue weighted by molar-refractivity contribution is -0.384. The van der Waals surface area contributed by atoms with Crippen LogP contribution in [0, 0.1) is 17.0 Å². The number of ether oxygens (including phenoxy) is 4. The van der Waals surface area contributed by atoms with Crippen molar-refractivity contribution in [1.82, 2.24) is 24.6 Å². The molecule has 2 heterocycles. The predicted molar refractivity (Wildman–Crippen MR) is 193 cm³/mol. The molecule has 2 aromatic carbocycles. The molecule has 0 bridgehead atoms. The number of fused-ring (bicyclic) bond motifs is 1. The van der Waals surface area contributed by atoms with Crippen LogP contribution in [-0.4, -0.2) is 74.7 Å². The molecule has 17 nitrogen and oxygen atoms in total. The van der Waals surface area contributed by atoms with E-state index in [4.69, 9.17) is 36.5 Å². The van der Waals surface area contributed by atoms with Crippen molar-refractivity contribution in [2.45, 2.75) is 59.7 Å². The molecule has 0 unspecified atom stereocenters. The minimum Gasteiger partial charge on any atom is -0.492 e. The molecular formula is C34H41ClN8O9. The van der Waals surface area contributed by atoms with Crippen LogP contribution in [0.3, 0.4) is 0 Å². The number of imidazole rings is 1. The van der Waals surface area contributed by atoms with Gasteiger partial charge in [0.2, 0.25) is 11.9 Å². The van der Waals surface area contributed by atoms with Gasteiger partial charge in [0.1, 0.15) is 28.4 Å². The van der Waals surface area contributed by atoms with E-state index in [0.717, 1.165) is 18.9 Å². The van der Waals surface area contributed by atoms with E-state index in [1.807, 2.05) is 30.6 Å². The van der Waals surface area contributed by atoms with Crippen molar-refractivity contribution >= 4 is 58.1 Å². The third-order valence-electron chi connectivity index (χ3n) is 7.19. The predicted octanol–water partition coefficient (Wildman–Crippen LogP) is 5.68. The van der Waals surface area contributed by atoms with E-state index in [9.17, 15) is 24.5 Å². The number of carbonyl (C=O) groups is 3. The lowest BCUT2D eigenvalue weighted by Gasteiger charge is -2.19. The van der Waals surface area contributed by atoms with Crippen molar-refractivity contribution < 1.29 is 38.3 Å². The summed E-state index contributed by atoms with van der Waals surface area (Å²) in [6.07, 6.45) is 3.31. The zero-order chi connectivity index (χ0) is 38.2. The monoisotopic (exact) mass is 740 g/mol. The number of rotatable bonds is 16. The molecule has 0 spiro atoms. The highest BCUT2D eigenvalue weighted by Gasteiger charge is 2.23. The molecule has 278 valence electrons. The van der Waals surface area contributed by atoms with Gasteiger partial charge in [0, 0.05) is 43.8 Å². The number of esters is 1. The maximum atomic E-state index is 12.3. The fourth-order valence-electron chi connectivity index (χ4n) is 4.96. The number of nitro benzene ring substituents is 1. The normalized spacial score (nSPS) is 11.4. The van der Waals surface area contributed by atoms with Crippen LogP contribution in [0.2, 0.25) is 5.02 Å². The van der Waals surface area contributed by atoms with Gasteiger partial charge in [0.05, 0.1) is 42.0 Å². The smallest absolute Gasteiger partial charge is 0.407 e. The zero-order valence-electron chi connectivity index (χ0n) is 29.6. The number of aromatic nitrogens is 4. The summed E-state index contributed by atoms with van der Waals surface area (Å²) < 4.78 is 25.5. The minimum atomic E-state index is -0.791. The molecule has 0 fully saturated rings. The fourth-order valence-corrected chi connectivity index (χ4v) is 5.19. The second-order valence-corrected chi connectivity index (χ2v) is 12.7. The number of nitrogens with zero attached hydrogens (tertiary/aromatic N) is 5. The number of hydrogen-bond donors (Lipinski definition) is 3. The minimum absolute atomic E-state index is 0.0000347. The van der Waals surface area contributed by atoms with Crippen LogP contribution in [0.1, 0.15) is 60.5 Å². The first kappa shape index (κ1) is 39.0. The number of methoxy groups -OCH3 is 1. The standard InChI is InChI=1S/C34H41ClN8O9/c1-7-42-27(15-20(2)40-42)39-32-38-23-16-21(30(36)44)18-26(29(23)41(32)12-9-8-11-37-33(46)52-34(3,4)5)51-14-10-13-50-25-19-22(31(45)49-6)17-24(28(25)35)43(47)48/h8-9,15-19H,7,10-14H2,1-6H3,(H2,36,44)(H,37,46)(H,38,39)/b9-8+. The molecule has 2 aromatic heterocycles. The largest absolute Gasteiger partial charge is 0.492 e. The lowest BCUT2D eigenvalue weighted by Crippen LogP contribution is -2.32. The average molecular weight is 741 g/mol. The fraction of sp³-hybridized carbons (Fsp3) is 0.382. The van der Waals surface area contributed by atoms with Crippen molar-refractivity contribution in [3.63, 3.8) is 0 Å². The Labute approximate surface area is 304 Å². The highest BCUT2D eigenvalue weighted by molar-refractivity contribution is 6.34. The number of nitrogens with one attached hydrogen (secondary N) is 2. The summed E-state index contributed by atoms with van der Waals surface area (Å²) in [4.78, 5) is 52.0. The van der Waals surface area contributed by atoms with Crippen LogP contribution in [0.5, 0.6) is 11.5 Å². The lowest BCUT2D eigenvalue weighted by atomic mass is 10.1. The molecule has 18 heteroatoms. The van der Waals surface area contributed by atoms with Crippen LogP contribution < -0.4 is 25.8 Å². The van der Waals surface area contributed by atoms with Gasteiger partial charge >= 0.3 is 12.1 Å². The van der Waals surface area contributed by atoms with Crippen LogP contribution >= 0.6 is 11.6 Å². The highest BCUT2D eigenvalue weighted by Crippen LogP contribution is 2.36. The number of anilines is 2. The molecule has 0 saturated heterocycles. The van der Waals surface area contributed by atoms with Gasteiger partial charge in [0.25, 0.3) is 5.69 Å². The summed E-state index contributed by atoms with van der Waals surface area (Å²) in [6, 6.07) is 7.23. The third-order valence-corrected chi connectivity index (χ3v) is 7.57. The number of carbonyl (C=O) groups excluding carboxylic acids is 3. The van der Waals surface area contributed by atoms with Crippen molar-refractivity contribution in [2.75, 3.05) is 32.2 Å². The van der Waals surface area contributed by atoms with Crippen LogP contribution in [0.25, 0.3) is 11.0 Å². The van der Waals surface area contributed by atoms with Crippen molar-refractivity contribution in [3.8, 4) is 11.5 Å². The van der Waals surface area contributed by atoms with Gasteiger partial charge in [-0.1, -0.05) is 23.8 Å². The first-order valence-corrected chi connectivity index (χ1v) is 16.6. The maximum absolute atomic E-state index is 12.3. The van der Waals surface area contributed by atoms with Crippen molar-refractivity contribution in [1.29, 1.82) is 0 Å². The van der Waals surface area contributed by atoms with Gasteiger partial charge in [-0.05, 0) is 52.8 Å². The Morgan fingerprint density at radius 3 is 2.38 bits per heavy atom. The summed E-state index contributed by atoms with van der Waals surface area (Å²) in [5.41, 5.74) is 6.36. The Morgan fingerprint density at radius 1 is 1.06 bits per heavy atom. The van der Waals surface area contributed by atoms with Gasteiger partial charge in [-0.3, -0.25) is 14.9 Å². The molecule has 4 rings (SSSR count). The van der Waals surface area contributed by atoms with E-state index in [1.165, 1.54) is 12.1 Å². The number of primary amides is 1. The van der Waals surface area contributed by atoms with Gasteiger partial charge in [-0.25, -0.2) is 19.3 Å². The molecule has 0 aliphatic rings. The molecule has 2 amide bonds. The average Bonchev–Trinajstić information content (AvgIpc) is 3.61. The summed E-state index contributed by atoms with van der Waals surface area (Å²) in [7, 11) is 1.15. The molecule has 4 N–H and O–H groups in total. The van der Waals surface area contributed by atoms with Crippen molar-refractivity contribution in [3.05, 3.63) is 74.4 Å². The SMILES string of the molecule is CCn1nc(C)cc1Nc1nc2cc(C(N)=O)cc(OCCCOc3cc(C(=O)OC)cc([N+](=O)[O-])c3Cl)c2n1C/C=C/CNC(=O)OC(C)(C)C. The third kappa shape index (κ3) is 9.90. The number of benzene rings is 2. The molecule has 52 heavy (non-hydrogen) atoms. The molecular weight excluding hydrogens is 700 g/mol. The van der Waals surface area contributed by atoms with E-state index in [-0.39, 0.29) is 54.6 Å². The van der Waals surface area contributed by atoms with E-state index >= 15 is 0 Å². The topological polar surface area (TPSA) is 217 Å². The molecule has 0 atom stereocenters. The second-order valence-electron chi connectivity index (χ2n) is 12.3. The molecule has 4 aromatic rings. The second kappa shape index (κ2) is 16.9. The van der Waals surface area contributed by atoms with E-state index in [2.05, 4.69) is 20.5 Å². The van der Waals surface area contributed by atoms with Gasteiger partial charge in [-0.2, -0.15) is 5.10 Å². The number of allylic oxidation sites excluding steroid dienone is 1. The zero-order valence-corrected chi connectivity index (χ0v) is 30.4. The molecule has 0 radical (unpaired) electrons. The van der Waals surface area contributed by atoms with Crippen molar-refractivity contribution in [2.24, 2.45) is 5.73 Å². The Balaban J connectivity index is 1.60. The summed E-state index contributed by atoms with van der Waals surface area (Å²) >= 11 is 6.20. The summed E-state index contributed by atoms with van der Waals surface area (Å²) in [5, 5.41) is 21.8. The van der Waals surface area contributed by atoms with E-state index in [1.54, 1.807) is 37.6 Å². The first-order chi connectivity index (χ1) is 24.6. The van der Waals surface area contributed by atoms with Crippen LogP contribution in [-0.2, 0) is 22.6 Å². The van der Waals surface area contributed by atoms with Crippen LogP contribution in [0.4, 0.5) is 22.2 Å². The number of halogens is 1. The Morgan fingerprint density at radius 2 is 1.75 bits per heavy atom.